The van der Waals surface area contributed by atoms with Crippen LogP contribution in [-0.2, 0) is 10.0 Å². The minimum atomic E-state index is -3.73. The van der Waals surface area contributed by atoms with E-state index >= 15 is 0 Å². The van der Waals surface area contributed by atoms with E-state index in [-0.39, 0.29) is 0 Å². The van der Waals surface area contributed by atoms with Crippen LogP contribution in [0.4, 0.5) is 11.4 Å². The fraction of sp³-hybridized carbons (Fsp3) is 0.143. The molecule has 0 aliphatic heterocycles. The minimum absolute atomic E-state index is 0.316. The number of nitrogens with zero attached hydrogens (tertiary/aromatic N) is 1. The van der Waals surface area contributed by atoms with Crippen molar-refractivity contribution >= 4 is 21.4 Å². The van der Waals surface area contributed by atoms with Crippen molar-refractivity contribution in [3.63, 3.8) is 0 Å². The number of sulfonamides is 1. The average molecular weight is 351 g/mol. The molecule has 0 N–H and O–H groups in total. The maximum atomic E-state index is 13.4. The smallest absolute Gasteiger partial charge is 0.235 e. The highest BCUT2D eigenvalue weighted by molar-refractivity contribution is 7.93. The van der Waals surface area contributed by atoms with E-state index in [1.54, 1.807) is 12.1 Å². The summed E-state index contributed by atoms with van der Waals surface area (Å²) in [6.45, 7) is 5.78. The lowest BCUT2D eigenvalue weighted by Gasteiger charge is -2.25. The van der Waals surface area contributed by atoms with Gasteiger partial charge in [-0.05, 0) is 56.7 Å². The molecular formula is C21H21NO2S. The first-order valence-corrected chi connectivity index (χ1v) is 9.58. The first-order valence-electron chi connectivity index (χ1n) is 8.14. The van der Waals surface area contributed by atoms with Gasteiger partial charge in [0.1, 0.15) is 0 Å². The van der Waals surface area contributed by atoms with Crippen molar-refractivity contribution < 1.29 is 8.42 Å². The van der Waals surface area contributed by atoms with Crippen LogP contribution in [0.1, 0.15) is 16.7 Å². The molecule has 3 aromatic carbocycles. The van der Waals surface area contributed by atoms with Gasteiger partial charge in [-0.25, -0.2) is 12.7 Å². The van der Waals surface area contributed by atoms with Gasteiger partial charge in [0.05, 0.1) is 16.3 Å². The molecule has 4 heteroatoms. The molecule has 0 saturated heterocycles. The molecule has 3 aromatic rings. The Morgan fingerprint density at radius 2 is 1.08 bits per heavy atom. The predicted molar refractivity (Wildman–Crippen MR) is 103 cm³/mol. The lowest BCUT2D eigenvalue weighted by atomic mass is 10.2. The van der Waals surface area contributed by atoms with Crippen molar-refractivity contribution in [3.05, 3.63) is 89.5 Å². The molecular weight excluding hydrogens is 330 g/mol. The Labute approximate surface area is 149 Å². The van der Waals surface area contributed by atoms with Gasteiger partial charge in [0.15, 0.2) is 0 Å². The second kappa shape index (κ2) is 6.73. The summed E-state index contributed by atoms with van der Waals surface area (Å²) < 4.78 is 28.3. The van der Waals surface area contributed by atoms with Crippen LogP contribution in [-0.4, -0.2) is 8.42 Å². The molecule has 0 aromatic heterocycles. The highest BCUT2D eigenvalue weighted by Gasteiger charge is 2.27. The van der Waals surface area contributed by atoms with Gasteiger partial charge < -0.3 is 0 Å². The minimum Gasteiger partial charge on any atom is -0.235 e. The fourth-order valence-corrected chi connectivity index (χ4v) is 4.45. The van der Waals surface area contributed by atoms with Gasteiger partial charge in [0.25, 0.3) is 10.0 Å². The van der Waals surface area contributed by atoms with Crippen molar-refractivity contribution in [2.75, 3.05) is 4.31 Å². The van der Waals surface area contributed by atoms with Crippen molar-refractivity contribution in [2.45, 2.75) is 25.7 Å². The number of hydrogen-bond donors (Lipinski definition) is 0. The predicted octanol–water partition coefficient (Wildman–Crippen LogP) is 5.14. The first-order chi connectivity index (χ1) is 11.9. The first kappa shape index (κ1) is 17.2. The van der Waals surface area contributed by atoms with Crippen molar-refractivity contribution in [1.82, 2.24) is 0 Å². The number of hydrogen-bond acceptors (Lipinski definition) is 2. The largest absolute Gasteiger partial charge is 0.268 e. The zero-order valence-corrected chi connectivity index (χ0v) is 15.4. The Morgan fingerprint density at radius 3 is 1.52 bits per heavy atom. The van der Waals surface area contributed by atoms with Crippen molar-refractivity contribution in [1.29, 1.82) is 0 Å². The van der Waals surface area contributed by atoms with E-state index in [4.69, 9.17) is 0 Å². The SMILES string of the molecule is Cc1ccc(N(c2ccc(C)cc2)S(=O)(=O)c2ccccc2C)cc1. The summed E-state index contributed by atoms with van der Waals surface area (Å²) in [7, 11) is -3.73. The van der Waals surface area contributed by atoms with Crippen LogP contribution < -0.4 is 4.31 Å². The molecule has 0 radical (unpaired) electrons. The number of aryl methyl sites for hydroxylation is 3. The van der Waals surface area contributed by atoms with Crippen molar-refractivity contribution in [2.24, 2.45) is 0 Å². The van der Waals surface area contributed by atoms with E-state index in [1.807, 2.05) is 81.4 Å². The third-order valence-electron chi connectivity index (χ3n) is 4.15. The third kappa shape index (κ3) is 3.44. The summed E-state index contributed by atoms with van der Waals surface area (Å²) in [5, 5.41) is 0. The van der Waals surface area contributed by atoms with E-state index in [1.165, 1.54) is 4.31 Å². The lowest BCUT2D eigenvalue weighted by Crippen LogP contribution is -2.27. The van der Waals surface area contributed by atoms with Crippen LogP contribution in [0, 0.1) is 20.8 Å². The van der Waals surface area contributed by atoms with Crippen LogP contribution in [0.2, 0.25) is 0 Å². The van der Waals surface area contributed by atoms with E-state index in [0.717, 1.165) is 16.7 Å². The van der Waals surface area contributed by atoms with E-state index < -0.39 is 10.0 Å². The Hall–Kier alpha value is -2.59. The molecule has 0 unspecified atom stereocenters. The monoisotopic (exact) mass is 351 g/mol. The Balaban J connectivity index is 2.22. The van der Waals surface area contributed by atoms with Gasteiger partial charge in [-0.2, -0.15) is 0 Å². The number of rotatable bonds is 4. The molecule has 0 heterocycles. The molecule has 0 amide bonds. The molecule has 25 heavy (non-hydrogen) atoms. The highest BCUT2D eigenvalue weighted by atomic mass is 32.2. The summed E-state index contributed by atoms with van der Waals surface area (Å²) in [6.07, 6.45) is 0. The topological polar surface area (TPSA) is 37.4 Å². The summed E-state index contributed by atoms with van der Waals surface area (Å²) in [6, 6.07) is 22.1. The van der Waals surface area contributed by atoms with Crippen LogP contribution >= 0.6 is 0 Å². The van der Waals surface area contributed by atoms with Crippen LogP contribution in [0.15, 0.2) is 77.7 Å². The summed E-state index contributed by atoms with van der Waals surface area (Å²) in [4.78, 5) is 0.316. The number of benzene rings is 3. The lowest BCUT2D eigenvalue weighted by molar-refractivity contribution is 0.595. The molecule has 3 rings (SSSR count). The average Bonchev–Trinajstić information content (AvgIpc) is 2.59. The Bertz CT molecular complexity index is 930. The molecule has 0 atom stereocenters. The Kier molecular flexibility index (Phi) is 4.64. The fourth-order valence-electron chi connectivity index (χ4n) is 2.73. The van der Waals surface area contributed by atoms with Crippen LogP contribution in [0.3, 0.4) is 0 Å². The molecule has 0 fully saturated rings. The zero-order chi connectivity index (χ0) is 18.0. The normalized spacial score (nSPS) is 11.3. The molecule has 0 aliphatic rings. The summed E-state index contributed by atoms with van der Waals surface area (Å²) in [5.74, 6) is 0. The van der Waals surface area contributed by atoms with Crippen molar-refractivity contribution in [3.8, 4) is 0 Å². The maximum Gasteiger partial charge on any atom is 0.268 e. The van der Waals surface area contributed by atoms with Gasteiger partial charge in [0.2, 0.25) is 0 Å². The molecule has 0 spiro atoms. The van der Waals surface area contributed by atoms with Gasteiger partial charge in [0, 0.05) is 0 Å². The summed E-state index contributed by atoms with van der Waals surface area (Å²) in [5.41, 5.74) is 4.14. The highest BCUT2D eigenvalue weighted by Crippen LogP contribution is 2.33. The van der Waals surface area contributed by atoms with Crippen LogP contribution in [0.5, 0.6) is 0 Å². The van der Waals surface area contributed by atoms with E-state index in [0.29, 0.717) is 16.3 Å². The quantitative estimate of drug-likeness (QED) is 0.653. The van der Waals surface area contributed by atoms with Gasteiger partial charge in [-0.1, -0.05) is 53.6 Å². The molecule has 128 valence electrons. The molecule has 0 aliphatic carbocycles. The second-order valence-corrected chi connectivity index (χ2v) is 7.96. The second-order valence-electron chi connectivity index (χ2n) is 6.21. The Morgan fingerprint density at radius 1 is 0.640 bits per heavy atom. The standard InChI is InChI=1S/C21H21NO2S/c1-16-8-12-19(13-9-16)22(20-14-10-17(2)11-15-20)25(23,24)21-7-5-4-6-18(21)3/h4-15H,1-3H3. The maximum absolute atomic E-state index is 13.4. The molecule has 3 nitrogen and oxygen atoms in total. The summed E-state index contributed by atoms with van der Waals surface area (Å²) >= 11 is 0. The van der Waals surface area contributed by atoms with Gasteiger partial charge in [-0.15, -0.1) is 0 Å². The van der Waals surface area contributed by atoms with Crippen LogP contribution in [0.25, 0.3) is 0 Å². The zero-order valence-electron chi connectivity index (χ0n) is 14.6. The van der Waals surface area contributed by atoms with E-state index in [9.17, 15) is 8.42 Å². The van der Waals surface area contributed by atoms with Gasteiger partial charge >= 0.3 is 0 Å². The van der Waals surface area contributed by atoms with Gasteiger partial charge in [-0.3, -0.25) is 0 Å². The van der Waals surface area contributed by atoms with E-state index in [2.05, 4.69) is 0 Å². The number of anilines is 2. The third-order valence-corrected chi connectivity index (χ3v) is 6.07. The molecule has 0 saturated carbocycles. The molecule has 0 bridgehead atoms.